The van der Waals surface area contributed by atoms with E-state index in [1.165, 1.54) is 0 Å². The first-order chi connectivity index (χ1) is 14.5. The molecular weight excluding hydrogens is 402 g/mol. The van der Waals surface area contributed by atoms with Crippen LogP contribution in [0.1, 0.15) is 59.2 Å². The van der Waals surface area contributed by atoms with Gasteiger partial charge in [0.1, 0.15) is 11.1 Å². The number of rotatable bonds is 5. The van der Waals surface area contributed by atoms with E-state index in [0.29, 0.717) is 44.6 Å². The van der Waals surface area contributed by atoms with E-state index < -0.39 is 17.2 Å². The molecule has 0 unspecified atom stereocenters. The minimum Gasteiger partial charge on any atom is -0.444 e. The van der Waals surface area contributed by atoms with Gasteiger partial charge in [-0.2, -0.15) is 4.98 Å². The molecule has 0 aromatic carbocycles. The minimum absolute atomic E-state index is 0.0737. The molecule has 0 atom stereocenters. The number of amides is 2. The van der Waals surface area contributed by atoms with Crippen LogP contribution in [0.4, 0.5) is 4.79 Å². The lowest BCUT2D eigenvalue weighted by molar-refractivity contribution is -0.141. The largest absolute Gasteiger partial charge is 0.444 e. The molecule has 1 N–H and O–H groups in total. The highest BCUT2D eigenvalue weighted by Gasteiger charge is 2.32. The Morgan fingerprint density at radius 1 is 1.10 bits per heavy atom. The maximum Gasteiger partial charge on any atom is 0.408 e. The average molecular weight is 438 g/mol. The zero-order valence-corrected chi connectivity index (χ0v) is 19.3. The van der Waals surface area contributed by atoms with Crippen LogP contribution in [0.2, 0.25) is 0 Å². The zero-order chi connectivity index (χ0) is 22.6. The van der Waals surface area contributed by atoms with Crippen LogP contribution < -0.4 is 5.32 Å². The van der Waals surface area contributed by atoms with Crippen molar-refractivity contribution in [2.45, 2.75) is 65.1 Å². The Bertz CT molecular complexity index is 758. The Kier molecular flexibility index (Phi) is 7.20. The van der Waals surface area contributed by atoms with Crippen molar-refractivity contribution in [1.82, 2.24) is 25.3 Å². The third kappa shape index (κ3) is 6.64. The third-order valence-electron chi connectivity index (χ3n) is 5.46. The van der Waals surface area contributed by atoms with Gasteiger partial charge in [-0.05, 0) is 60.5 Å². The van der Waals surface area contributed by atoms with Crippen molar-refractivity contribution >= 4 is 12.0 Å². The number of piperidine rings is 1. The summed E-state index contributed by atoms with van der Waals surface area (Å²) in [5.41, 5.74) is -1.42. The molecule has 2 aliphatic rings. The number of morpholine rings is 1. The van der Waals surface area contributed by atoms with E-state index in [1.54, 1.807) is 13.8 Å². The average Bonchev–Trinajstić information content (AvgIpc) is 3.16. The second-order valence-corrected chi connectivity index (χ2v) is 9.75. The molecule has 1 aromatic heterocycles. The van der Waals surface area contributed by atoms with Gasteiger partial charge >= 0.3 is 6.09 Å². The Morgan fingerprint density at radius 3 is 2.35 bits per heavy atom. The minimum atomic E-state index is -0.832. The van der Waals surface area contributed by atoms with E-state index in [-0.39, 0.29) is 11.8 Å². The number of ether oxygens (including phenoxy) is 2. The first kappa shape index (κ1) is 23.5. The van der Waals surface area contributed by atoms with Gasteiger partial charge in [0.05, 0.1) is 19.8 Å². The van der Waals surface area contributed by atoms with Gasteiger partial charge in [-0.15, -0.1) is 0 Å². The smallest absolute Gasteiger partial charge is 0.408 e. The predicted molar refractivity (Wildman–Crippen MR) is 112 cm³/mol. The van der Waals surface area contributed by atoms with Crippen LogP contribution in [0.15, 0.2) is 4.52 Å². The van der Waals surface area contributed by atoms with Gasteiger partial charge in [0.15, 0.2) is 5.82 Å². The van der Waals surface area contributed by atoms with Crippen molar-refractivity contribution in [3.05, 3.63) is 11.7 Å². The van der Waals surface area contributed by atoms with E-state index in [9.17, 15) is 9.59 Å². The second-order valence-electron chi connectivity index (χ2n) is 9.75. The molecular formula is C21H35N5O5. The number of aromatic nitrogens is 2. The lowest BCUT2D eigenvalue weighted by Gasteiger charge is -2.35. The van der Waals surface area contributed by atoms with Crippen LogP contribution in [0.5, 0.6) is 0 Å². The number of hydrogen-bond donors (Lipinski definition) is 1. The summed E-state index contributed by atoms with van der Waals surface area (Å²) in [6.07, 6.45) is 1.11. The Morgan fingerprint density at radius 2 is 1.74 bits per heavy atom. The van der Waals surface area contributed by atoms with Crippen molar-refractivity contribution in [3.8, 4) is 0 Å². The predicted octanol–water partition coefficient (Wildman–Crippen LogP) is 1.90. The standard InChI is InChI=1S/C21H35N5O5/c1-20(2,3)30-19(28)23-21(4,5)18-22-16(31-24-18)14-25-8-6-15(7-9-25)17(27)26-10-12-29-13-11-26/h15H,6-14H2,1-5H3,(H,23,28). The molecule has 31 heavy (non-hydrogen) atoms. The summed E-state index contributed by atoms with van der Waals surface area (Å²) in [7, 11) is 0. The normalized spacial score (nSPS) is 19.3. The quantitative estimate of drug-likeness (QED) is 0.744. The van der Waals surface area contributed by atoms with Crippen molar-refractivity contribution in [2.75, 3.05) is 39.4 Å². The molecule has 1 aromatic rings. The topological polar surface area (TPSA) is 110 Å². The fraction of sp³-hybridized carbons (Fsp3) is 0.810. The molecule has 174 valence electrons. The molecule has 0 radical (unpaired) electrons. The summed E-state index contributed by atoms with van der Waals surface area (Å²) < 4.78 is 16.1. The highest BCUT2D eigenvalue weighted by atomic mass is 16.6. The number of carbonyl (C=O) groups excluding carboxylic acids is 2. The summed E-state index contributed by atoms with van der Waals surface area (Å²) in [4.78, 5) is 33.4. The van der Waals surface area contributed by atoms with Crippen LogP contribution in [-0.4, -0.2) is 76.9 Å². The Balaban J connectivity index is 1.49. The molecule has 3 rings (SSSR count). The van der Waals surface area contributed by atoms with E-state index >= 15 is 0 Å². The molecule has 2 amide bonds. The fourth-order valence-corrected chi connectivity index (χ4v) is 3.76. The van der Waals surface area contributed by atoms with Crippen LogP contribution >= 0.6 is 0 Å². The summed E-state index contributed by atoms with van der Waals surface area (Å²) in [5, 5.41) is 6.84. The number of alkyl carbamates (subject to hydrolysis) is 1. The molecule has 3 heterocycles. The number of hydrogen-bond acceptors (Lipinski definition) is 8. The monoisotopic (exact) mass is 437 g/mol. The Labute approximate surface area is 183 Å². The fourth-order valence-electron chi connectivity index (χ4n) is 3.76. The second kappa shape index (κ2) is 9.52. The molecule has 2 saturated heterocycles. The van der Waals surface area contributed by atoms with Crippen LogP contribution in [-0.2, 0) is 26.4 Å². The molecule has 2 fully saturated rings. The van der Waals surface area contributed by atoms with Crippen molar-refractivity contribution in [1.29, 1.82) is 0 Å². The summed E-state index contributed by atoms with van der Waals surface area (Å²) >= 11 is 0. The van der Waals surface area contributed by atoms with Crippen molar-refractivity contribution < 1.29 is 23.6 Å². The number of nitrogens with one attached hydrogen (secondary N) is 1. The molecule has 0 bridgehead atoms. The van der Waals surface area contributed by atoms with E-state index in [0.717, 1.165) is 25.9 Å². The van der Waals surface area contributed by atoms with Crippen LogP contribution in [0, 0.1) is 5.92 Å². The highest BCUT2D eigenvalue weighted by Crippen LogP contribution is 2.23. The summed E-state index contributed by atoms with van der Waals surface area (Å²) in [6, 6.07) is 0. The molecule has 10 heteroatoms. The van der Waals surface area contributed by atoms with Crippen molar-refractivity contribution in [2.24, 2.45) is 5.92 Å². The molecule has 10 nitrogen and oxygen atoms in total. The van der Waals surface area contributed by atoms with Gasteiger partial charge in [-0.1, -0.05) is 5.16 Å². The lowest BCUT2D eigenvalue weighted by Crippen LogP contribution is -2.46. The third-order valence-corrected chi connectivity index (χ3v) is 5.46. The van der Waals surface area contributed by atoms with E-state index in [2.05, 4.69) is 20.4 Å². The first-order valence-electron chi connectivity index (χ1n) is 11.0. The maximum absolute atomic E-state index is 12.7. The number of likely N-dealkylation sites (tertiary alicyclic amines) is 1. The van der Waals surface area contributed by atoms with E-state index in [4.69, 9.17) is 14.0 Å². The zero-order valence-electron chi connectivity index (χ0n) is 19.3. The van der Waals surface area contributed by atoms with E-state index in [1.807, 2.05) is 25.7 Å². The molecule has 0 saturated carbocycles. The number of nitrogens with zero attached hydrogens (tertiary/aromatic N) is 4. The Hall–Kier alpha value is -2.20. The van der Waals surface area contributed by atoms with Crippen molar-refractivity contribution in [3.63, 3.8) is 0 Å². The van der Waals surface area contributed by atoms with Gasteiger partial charge in [-0.3, -0.25) is 9.69 Å². The van der Waals surface area contributed by atoms with Gasteiger partial charge in [0.25, 0.3) is 0 Å². The molecule has 0 spiro atoms. The maximum atomic E-state index is 12.7. The highest BCUT2D eigenvalue weighted by molar-refractivity contribution is 5.79. The molecule has 0 aliphatic carbocycles. The van der Waals surface area contributed by atoms with Gasteiger partial charge < -0.3 is 24.2 Å². The summed E-state index contributed by atoms with van der Waals surface area (Å²) in [5.74, 6) is 1.21. The number of carbonyl (C=O) groups is 2. The van der Waals surface area contributed by atoms with Gasteiger partial charge in [0.2, 0.25) is 11.8 Å². The lowest BCUT2D eigenvalue weighted by atomic mass is 9.95. The molecule has 2 aliphatic heterocycles. The summed E-state index contributed by atoms with van der Waals surface area (Å²) in [6.45, 7) is 13.8. The van der Waals surface area contributed by atoms with Crippen LogP contribution in [0.3, 0.4) is 0 Å². The first-order valence-corrected chi connectivity index (χ1v) is 11.0. The van der Waals surface area contributed by atoms with Gasteiger partial charge in [-0.25, -0.2) is 4.79 Å². The SMILES string of the molecule is CC(C)(C)OC(=O)NC(C)(C)c1noc(CN2CCC(C(=O)N3CCOCC3)CC2)n1. The van der Waals surface area contributed by atoms with Gasteiger partial charge in [0, 0.05) is 19.0 Å². The van der Waals surface area contributed by atoms with Crippen LogP contribution in [0.25, 0.3) is 0 Å².